The van der Waals surface area contributed by atoms with E-state index in [1.807, 2.05) is 0 Å². The fourth-order valence-electron chi connectivity index (χ4n) is 1.64. The molecule has 2 rings (SSSR count). The van der Waals surface area contributed by atoms with Crippen LogP contribution in [0.25, 0.3) is 0 Å². The van der Waals surface area contributed by atoms with Gasteiger partial charge in [-0.25, -0.2) is 8.78 Å². The molecule has 0 saturated heterocycles. The van der Waals surface area contributed by atoms with Gasteiger partial charge in [-0.3, -0.25) is 0 Å². The summed E-state index contributed by atoms with van der Waals surface area (Å²) in [6.07, 6.45) is 0.194. The summed E-state index contributed by atoms with van der Waals surface area (Å²) in [5, 5.41) is 2.91. The number of alkyl halides is 1. The third-order valence-electron chi connectivity index (χ3n) is 2.32. The number of hydrogen-bond acceptors (Lipinski definition) is 1. The van der Waals surface area contributed by atoms with Gasteiger partial charge in [0.2, 0.25) is 0 Å². The number of anilines is 1. The quantitative estimate of drug-likeness (QED) is 0.651. The lowest BCUT2D eigenvalue weighted by Crippen LogP contribution is -2.01. The van der Waals surface area contributed by atoms with Gasteiger partial charge in [-0.15, -0.1) is 0 Å². The lowest BCUT2D eigenvalue weighted by molar-refractivity contribution is 0.323. The standard InChI is InChI=1S/C10H11F2N/c11-8-5-2-6-13-10-7(8)3-1-4-9(10)12/h1,3-4,8,13H,2,5-6H2. The maximum absolute atomic E-state index is 13.4. The van der Waals surface area contributed by atoms with Gasteiger partial charge in [0.15, 0.2) is 0 Å². The zero-order valence-corrected chi connectivity index (χ0v) is 7.19. The molecular weight excluding hydrogens is 172 g/mol. The van der Waals surface area contributed by atoms with Crippen LogP contribution in [0.2, 0.25) is 0 Å². The Bertz CT molecular complexity index is 312. The highest BCUT2D eigenvalue weighted by Gasteiger charge is 2.19. The number of rotatable bonds is 0. The number of benzene rings is 1. The lowest BCUT2D eigenvalue weighted by Gasteiger charge is -2.09. The van der Waals surface area contributed by atoms with Crippen molar-refractivity contribution in [1.82, 2.24) is 0 Å². The van der Waals surface area contributed by atoms with Crippen LogP contribution in [-0.4, -0.2) is 6.54 Å². The summed E-state index contributed by atoms with van der Waals surface area (Å²) in [7, 11) is 0. The lowest BCUT2D eigenvalue weighted by atomic mass is 10.1. The Morgan fingerprint density at radius 3 is 3.08 bits per heavy atom. The molecule has 1 N–H and O–H groups in total. The van der Waals surface area contributed by atoms with E-state index in [0.29, 0.717) is 24.2 Å². The van der Waals surface area contributed by atoms with Gasteiger partial charge in [0.05, 0.1) is 5.69 Å². The summed E-state index contributed by atoms with van der Waals surface area (Å²) in [6.45, 7) is 0.647. The zero-order chi connectivity index (χ0) is 9.26. The Labute approximate surface area is 75.8 Å². The van der Waals surface area contributed by atoms with Crippen LogP contribution in [0, 0.1) is 5.82 Å². The van der Waals surface area contributed by atoms with E-state index in [-0.39, 0.29) is 5.82 Å². The molecule has 0 fully saturated rings. The maximum Gasteiger partial charge on any atom is 0.146 e. The van der Waals surface area contributed by atoms with E-state index in [0.717, 1.165) is 6.42 Å². The van der Waals surface area contributed by atoms with Crippen LogP contribution < -0.4 is 5.32 Å². The predicted molar refractivity (Wildman–Crippen MR) is 48.0 cm³/mol. The van der Waals surface area contributed by atoms with Crippen LogP contribution in [0.5, 0.6) is 0 Å². The average Bonchev–Trinajstić information content (AvgIpc) is 2.30. The molecule has 1 unspecified atom stereocenters. The van der Waals surface area contributed by atoms with Crippen LogP contribution in [0.4, 0.5) is 14.5 Å². The largest absolute Gasteiger partial charge is 0.382 e. The minimum atomic E-state index is -1.03. The highest BCUT2D eigenvalue weighted by molar-refractivity contribution is 5.54. The molecule has 0 amide bonds. The molecule has 0 bridgehead atoms. The summed E-state index contributed by atoms with van der Waals surface area (Å²) in [6, 6.07) is 4.54. The smallest absolute Gasteiger partial charge is 0.146 e. The number of hydrogen-bond donors (Lipinski definition) is 1. The molecule has 1 aliphatic heterocycles. The van der Waals surface area contributed by atoms with E-state index in [2.05, 4.69) is 5.32 Å². The van der Waals surface area contributed by atoms with Gasteiger partial charge in [0, 0.05) is 12.1 Å². The number of para-hydroxylation sites is 1. The summed E-state index contributed by atoms with van der Waals surface area (Å²) in [4.78, 5) is 0. The molecule has 0 saturated carbocycles. The number of nitrogens with one attached hydrogen (secondary N) is 1. The van der Waals surface area contributed by atoms with Gasteiger partial charge in [-0.05, 0) is 18.9 Å². The Balaban J connectivity index is 2.47. The summed E-state index contributed by atoms with van der Waals surface area (Å²) in [5.41, 5.74) is 0.796. The third-order valence-corrected chi connectivity index (χ3v) is 2.32. The van der Waals surface area contributed by atoms with Crippen molar-refractivity contribution in [2.45, 2.75) is 19.0 Å². The highest BCUT2D eigenvalue weighted by Crippen LogP contribution is 2.33. The second-order valence-corrected chi connectivity index (χ2v) is 3.24. The highest BCUT2D eigenvalue weighted by atomic mass is 19.1. The van der Waals surface area contributed by atoms with Crippen molar-refractivity contribution in [3.63, 3.8) is 0 Å². The van der Waals surface area contributed by atoms with Crippen LogP contribution >= 0.6 is 0 Å². The first-order chi connectivity index (χ1) is 6.29. The molecule has 1 atom stereocenters. The zero-order valence-electron chi connectivity index (χ0n) is 7.19. The van der Waals surface area contributed by atoms with E-state index in [1.165, 1.54) is 6.07 Å². The molecule has 1 aliphatic rings. The molecule has 13 heavy (non-hydrogen) atoms. The van der Waals surface area contributed by atoms with E-state index in [9.17, 15) is 8.78 Å². The van der Waals surface area contributed by atoms with Crippen molar-refractivity contribution in [1.29, 1.82) is 0 Å². The Hall–Kier alpha value is -1.12. The fourth-order valence-corrected chi connectivity index (χ4v) is 1.64. The van der Waals surface area contributed by atoms with Gasteiger partial charge < -0.3 is 5.32 Å². The summed E-state index contributed by atoms with van der Waals surface area (Å²) >= 11 is 0. The first-order valence-electron chi connectivity index (χ1n) is 4.45. The molecule has 1 heterocycles. The first-order valence-corrected chi connectivity index (χ1v) is 4.45. The van der Waals surface area contributed by atoms with Gasteiger partial charge in [0.25, 0.3) is 0 Å². The Kier molecular flexibility index (Phi) is 2.17. The predicted octanol–water partition coefficient (Wildman–Crippen LogP) is 3.04. The topological polar surface area (TPSA) is 12.0 Å². The molecule has 0 spiro atoms. The van der Waals surface area contributed by atoms with Gasteiger partial charge in [0.1, 0.15) is 12.0 Å². The molecular formula is C10H11F2N. The van der Waals surface area contributed by atoms with Crippen molar-refractivity contribution >= 4 is 5.69 Å². The van der Waals surface area contributed by atoms with Crippen molar-refractivity contribution < 1.29 is 8.78 Å². The van der Waals surface area contributed by atoms with Gasteiger partial charge in [-0.2, -0.15) is 0 Å². The molecule has 0 radical (unpaired) electrons. The minimum Gasteiger partial charge on any atom is -0.382 e. The second kappa shape index (κ2) is 3.32. The SMILES string of the molecule is Fc1cccc2c1NCCCC2F. The Morgan fingerprint density at radius 2 is 2.23 bits per heavy atom. The molecule has 1 aromatic carbocycles. The monoisotopic (exact) mass is 183 g/mol. The molecule has 1 nitrogen and oxygen atoms in total. The molecule has 1 aromatic rings. The second-order valence-electron chi connectivity index (χ2n) is 3.24. The van der Waals surface area contributed by atoms with E-state index >= 15 is 0 Å². The van der Waals surface area contributed by atoms with Crippen LogP contribution in [-0.2, 0) is 0 Å². The van der Waals surface area contributed by atoms with Crippen LogP contribution in [0.3, 0.4) is 0 Å². The molecule has 3 heteroatoms. The fraction of sp³-hybridized carbons (Fsp3) is 0.400. The van der Waals surface area contributed by atoms with E-state index < -0.39 is 6.17 Å². The summed E-state index contributed by atoms with van der Waals surface area (Å²) < 4.78 is 26.6. The maximum atomic E-state index is 13.4. The van der Waals surface area contributed by atoms with Gasteiger partial charge in [-0.1, -0.05) is 12.1 Å². The van der Waals surface area contributed by atoms with E-state index in [4.69, 9.17) is 0 Å². The minimum absolute atomic E-state index is 0.340. The average molecular weight is 183 g/mol. The molecule has 0 aliphatic carbocycles. The van der Waals surface area contributed by atoms with Gasteiger partial charge >= 0.3 is 0 Å². The third kappa shape index (κ3) is 1.50. The van der Waals surface area contributed by atoms with Crippen molar-refractivity contribution in [2.75, 3.05) is 11.9 Å². The van der Waals surface area contributed by atoms with E-state index in [1.54, 1.807) is 12.1 Å². The Morgan fingerprint density at radius 1 is 1.38 bits per heavy atom. The number of halogens is 2. The van der Waals surface area contributed by atoms with Crippen LogP contribution in [0.1, 0.15) is 24.6 Å². The number of fused-ring (bicyclic) bond motifs is 1. The summed E-state index contributed by atoms with van der Waals surface area (Å²) in [5.74, 6) is -0.359. The van der Waals surface area contributed by atoms with Crippen molar-refractivity contribution in [2.24, 2.45) is 0 Å². The molecule has 0 aromatic heterocycles. The first kappa shape index (κ1) is 8.48. The molecule has 70 valence electrons. The van der Waals surface area contributed by atoms with Crippen molar-refractivity contribution in [3.8, 4) is 0 Å². The van der Waals surface area contributed by atoms with Crippen molar-refractivity contribution in [3.05, 3.63) is 29.6 Å². The normalized spacial score (nSPS) is 21.5. The van der Waals surface area contributed by atoms with Crippen LogP contribution in [0.15, 0.2) is 18.2 Å².